The van der Waals surface area contributed by atoms with Crippen LogP contribution < -0.4 is 5.32 Å². The Hall–Kier alpha value is -0.940. The second-order valence-electron chi connectivity index (χ2n) is 5.22. The third kappa shape index (κ3) is 4.28. The smallest absolute Gasteiger partial charge is 0.172 e. The van der Waals surface area contributed by atoms with Crippen LogP contribution in [0.3, 0.4) is 0 Å². The molecule has 0 saturated carbocycles. The van der Waals surface area contributed by atoms with Gasteiger partial charge < -0.3 is 14.8 Å². The van der Waals surface area contributed by atoms with Gasteiger partial charge in [-0.05, 0) is 18.4 Å². The number of rotatable bonds is 7. The van der Waals surface area contributed by atoms with E-state index in [-0.39, 0.29) is 6.29 Å². The van der Waals surface area contributed by atoms with Crippen LogP contribution in [-0.4, -0.2) is 57.6 Å². The van der Waals surface area contributed by atoms with Crippen molar-refractivity contribution in [1.82, 2.24) is 10.2 Å². The molecule has 0 radical (unpaired) electrons. The van der Waals surface area contributed by atoms with Crippen LogP contribution in [0.4, 0.5) is 0 Å². The van der Waals surface area contributed by atoms with E-state index in [1.165, 1.54) is 5.56 Å². The van der Waals surface area contributed by atoms with Crippen molar-refractivity contribution in [2.24, 2.45) is 0 Å². The van der Waals surface area contributed by atoms with Crippen molar-refractivity contribution in [2.45, 2.75) is 25.2 Å². The number of nitrogens with zero attached hydrogens (tertiary/aromatic N) is 1. The van der Waals surface area contributed by atoms with E-state index in [2.05, 4.69) is 40.5 Å². The monoisotopic (exact) mass is 278 g/mol. The molecule has 1 aliphatic rings. The number of hydrogen-bond donors (Lipinski definition) is 1. The third-order valence-electron chi connectivity index (χ3n) is 3.97. The van der Waals surface area contributed by atoms with Crippen LogP contribution in [0.5, 0.6) is 0 Å². The summed E-state index contributed by atoms with van der Waals surface area (Å²) in [6, 6.07) is 10.9. The number of ether oxygens (including phenoxy) is 2. The minimum absolute atomic E-state index is 0.156. The number of hydrogen-bond acceptors (Lipinski definition) is 4. The molecule has 112 valence electrons. The van der Waals surface area contributed by atoms with Crippen molar-refractivity contribution >= 4 is 0 Å². The van der Waals surface area contributed by atoms with E-state index in [9.17, 15) is 0 Å². The molecule has 1 aromatic carbocycles. The Morgan fingerprint density at radius 2 is 1.75 bits per heavy atom. The molecular formula is C16H26N2O2. The van der Waals surface area contributed by atoms with Crippen molar-refractivity contribution in [3.8, 4) is 0 Å². The molecule has 1 aliphatic heterocycles. The third-order valence-corrected chi connectivity index (χ3v) is 3.97. The zero-order valence-corrected chi connectivity index (χ0v) is 12.5. The van der Waals surface area contributed by atoms with E-state index in [0.29, 0.717) is 6.04 Å². The largest absolute Gasteiger partial charge is 0.354 e. The summed E-state index contributed by atoms with van der Waals surface area (Å²) in [5.74, 6) is 0. The summed E-state index contributed by atoms with van der Waals surface area (Å²) in [5, 5.41) is 3.40. The molecule has 1 N–H and O–H groups in total. The SMILES string of the molecule is COC(OC)C(CCc1ccccc1)N1CCNCC1. The number of aryl methyl sites for hydroxylation is 1. The Kier molecular flexibility index (Phi) is 6.47. The Labute approximate surface area is 122 Å². The van der Waals surface area contributed by atoms with Gasteiger partial charge in [0.1, 0.15) is 0 Å². The van der Waals surface area contributed by atoms with Gasteiger partial charge in [-0.25, -0.2) is 0 Å². The average Bonchev–Trinajstić information content (AvgIpc) is 2.53. The molecule has 0 aliphatic carbocycles. The van der Waals surface area contributed by atoms with Gasteiger partial charge in [-0.15, -0.1) is 0 Å². The lowest BCUT2D eigenvalue weighted by Gasteiger charge is -2.38. The Morgan fingerprint density at radius 1 is 1.10 bits per heavy atom. The first-order valence-electron chi connectivity index (χ1n) is 7.39. The first-order valence-corrected chi connectivity index (χ1v) is 7.39. The Bertz CT molecular complexity index is 362. The van der Waals surface area contributed by atoms with E-state index < -0.39 is 0 Å². The maximum Gasteiger partial charge on any atom is 0.172 e. The lowest BCUT2D eigenvalue weighted by atomic mass is 10.0. The number of nitrogens with one attached hydrogen (secondary N) is 1. The predicted molar refractivity (Wildman–Crippen MR) is 80.8 cm³/mol. The molecule has 0 bridgehead atoms. The van der Waals surface area contributed by atoms with Crippen molar-refractivity contribution < 1.29 is 9.47 Å². The number of piperazine rings is 1. The minimum Gasteiger partial charge on any atom is -0.354 e. The highest BCUT2D eigenvalue weighted by Gasteiger charge is 2.28. The van der Waals surface area contributed by atoms with E-state index in [4.69, 9.17) is 9.47 Å². The van der Waals surface area contributed by atoms with Gasteiger partial charge in [0, 0.05) is 40.4 Å². The van der Waals surface area contributed by atoms with Crippen LogP contribution in [0.25, 0.3) is 0 Å². The molecule has 0 aromatic heterocycles. The molecule has 2 rings (SSSR count). The lowest BCUT2D eigenvalue weighted by molar-refractivity contribution is -0.149. The highest BCUT2D eigenvalue weighted by Crippen LogP contribution is 2.16. The van der Waals surface area contributed by atoms with E-state index in [1.807, 2.05) is 0 Å². The Morgan fingerprint density at radius 3 is 2.35 bits per heavy atom. The molecule has 1 unspecified atom stereocenters. The lowest BCUT2D eigenvalue weighted by Crippen LogP contribution is -2.53. The van der Waals surface area contributed by atoms with E-state index in [0.717, 1.165) is 39.0 Å². The fourth-order valence-electron chi connectivity index (χ4n) is 2.87. The molecule has 0 spiro atoms. The highest BCUT2D eigenvalue weighted by atomic mass is 16.7. The second-order valence-corrected chi connectivity index (χ2v) is 5.22. The molecule has 1 saturated heterocycles. The quantitative estimate of drug-likeness (QED) is 0.767. The average molecular weight is 278 g/mol. The van der Waals surface area contributed by atoms with Crippen LogP contribution in [0.15, 0.2) is 30.3 Å². The van der Waals surface area contributed by atoms with Gasteiger partial charge in [-0.1, -0.05) is 30.3 Å². The summed E-state index contributed by atoms with van der Waals surface area (Å²) in [4.78, 5) is 2.48. The molecule has 4 heteroatoms. The number of benzene rings is 1. The summed E-state index contributed by atoms with van der Waals surface area (Å²) in [5.41, 5.74) is 1.37. The van der Waals surface area contributed by atoms with Crippen molar-refractivity contribution in [3.05, 3.63) is 35.9 Å². The molecular weight excluding hydrogens is 252 g/mol. The summed E-state index contributed by atoms with van der Waals surface area (Å²) in [6.45, 7) is 4.20. The first-order chi connectivity index (χ1) is 9.85. The van der Waals surface area contributed by atoms with Gasteiger partial charge in [0.2, 0.25) is 0 Å². The highest BCUT2D eigenvalue weighted by molar-refractivity contribution is 5.14. The van der Waals surface area contributed by atoms with Crippen LogP contribution >= 0.6 is 0 Å². The predicted octanol–water partition coefficient (Wildman–Crippen LogP) is 1.51. The van der Waals surface area contributed by atoms with Crippen molar-refractivity contribution in [3.63, 3.8) is 0 Å². The van der Waals surface area contributed by atoms with Gasteiger partial charge in [-0.3, -0.25) is 4.90 Å². The Balaban J connectivity index is 1.97. The van der Waals surface area contributed by atoms with Crippen molar-refractivity contribution in [1.29, 1.82) is 0 Å². The van der Waals surface area contributed by atoms with Crippen LogP contribution in [-0.2, 0) is 15.9 Å². The van der Waals surface area contributed by atoms with E-state index in [1.54, 1.807) is 14.2 Å². The summed E-state index contributed by atoms with van der Waals surface area (Å²) >= 11 is 0. The topological polar surface area (TPSA) is 33.7 Å². The van der Waals surface area contributed by atoms with Gasteiger partial charge >= 0.3 is 0 Å². The first kappa shape index (κ1) is 15.4. The molecule has 4 nitrogen and oxygen atoms in total. The number of methoxy groups -OCH3 is 2. The standard InChI is InChI=1S/C16H26N2O2/c1-19-16(20-2)15(18-12-10-17-11-13-18)9-8-14-6-4-3-5-7-14/h3-7,15-17H,8-13H2,1-2H3. The summed E-state index contributed by atoms with van der Waals surface area (Å²) in [6.07, 6.45) is 1.95. The maximum atomic E-state index is 5.52. The normalized spacial score (nSPS) is 18.4. The van der Waals surface area contributed by atoms with Gasteiger partial charge in [0.25, 0.3) is 0 Å². The summed E-state index contributed by atoms with van der Waals surface area (Å²) in [7, 11) is 3.46. The fraction of sp³-hybridized carbons (Fsp3) is 0.625. The van der Waals surface area contributed by atoms with Crippen LogP contribution in [0.2, 0.25) is 0 Å². The zero-order chi connectivity index (χ0) is 14.2. The maximum absolute atomic E-state index is 5.52. The molecule has 1 aromatic rings. The second kappa shape index (κ2) is 8.37. The van der Waals surface area contributed by atoms with E-state index >= 15 is 0 Å². The van der Waals surface area contributed by atoms with Crippen LogP contribution in [0.1, 0.15) is 12.0 Å². The van der Waals surface area contributed by atoms with Gasteiger partial charge in [0.15, 0.2) is 6.29 Å². The van der Waals surface area contributed by atoms with Crippen LogP contribution in [0, 0.1) is 0 Å². The molecule has 1 heterocycles. The molecule has 1 atom stereocenters. The molecule has 1 fully saturated rings. The zero-order valence-electron chi connectivity index (χ0n) is 12.5. The summed E-state index contributed by atoms with van der Waals surface area (Å²) < 4.78 is 11.0. The van der Waals surface area contributed by atoms with Gasteiger partial charge in [0.05, 0.1) is 6.04 Å². The van der Waals surface area contributed by atoms with Crippen molar-refractivity contribution in [2.75, 3.05) is 40.4 Å². The fourth-order valence-corrected chi connectivity index (χ4v) is 2.87. The molecule has 0 amide bonds. The minimum atomic E-state index is -0.156. The van der Waals surface area contributed by atoms with Gasteiger partial charge in [-0.2, -0.15) is 0 Å². The molecule has 20 heavy (non-hydrogen) atoms.